The van der Waals surface area contributed by atoms with Crippen molar-refractivity contribution in [3.05, 3.63) is 39.3 Å². The van der Waals surface area contributed by atoms with Gasteiger partial charge in [-0.3, -0.25) is 14.1 Å². The van der Waals surface area contributed by atoms with Gasteiger partial charge in [-0.1, -0.05) is 13.8 Å². The van der Waals surface area contributed by atoms with Gasteiger partial charge in [0, 0.05) is 26.4 Å². The molecule has 0 aliphatic carbocycles. The Kier molecular flexibility index (Phi) is 5.21. The molecule has 10 heteroatoms. The molecule has 2 heterocycles. The lowest BCUT2D eigenvalue weighted by Crippen LogP contribution is -2.40. The van der Waals surface area contributed by atoms with E-state index >= 15 is 0 Å². The molecule has 1 N–H and O–H groups in total. The normalized spacial score (nSPS) is 13.2. The van der Waals surface area contributed by atoms with Crippen LogP contribution in [0, 0.1) is 5.92 Å². The van der Waals surface area contributed by atoms with Crippen LogP contribution in [0.1, 0.15) is 33.2 Å². The van der Waals surface area contributed by atoms with E-state index in [0.29, 0.717) is 5.92 Å². The zero-order chi connectivity index (χ0) is 18.9. The summed E-state index contributed by atoms with van der Waals surface area (Å²) >= 11 is 0. The van der Waals surface area contributed by atoms with Crippen LogP contribution in [0.4, 0.5) is 5.82 Å². The highest BCUT2D eigenvalue weighted by Crippen LogP contribution is 2.22. The van der Waals surface area contributed by atoms with Gasteiger partial charge in [-0.05, 0) is 19.3 Å². The van der Waals surface area contributed by atoms with E-state index in [4.69, 9.17) is 0 Å². The molecule has 0 saturated carbocycles. The molecule has 2 aromatic heterocycles. The maximum atomic E-state index is 12.7. The van der Waals surface area contributed by atoms with Crippen LogP contribution in [-0.4, -0.2) is 27.3 Å². The average molecular weight is 369 g/mol. The summed E-state index contributed by atoms with van der Waals surface area (Å²) in [5, 5.41) is 4.17. The van der Waals surface area contributed by atoms with Crippen molar-refractivity contribution in [3.63, 3.8) is 0 Å². The van der Waals surface area contributed by atoms with Crippen molar-refractivity contribution >= 4 is 15.8 Å². The molecule has 0 amide bonds. The number of hydrogen-bond acceptors (Lipinski definition) is 5. The van der Waals surface area contributed by atoms with Gasteiger partial charge in [0.2, 0.25) is 0 Å². The van der Waals surface area contributed by atoms with Gasteiger partial charge in [0.1, 0.15) is 5.82 Å². The van der Waals surface area contributed by atoms with Crippen LogP contribution in [0.25, 0.3) is 0 Å². The topological polar surface area (TPSA) is 108 Å². The third kappa shape index (κ3) is 3.84. The van der Waals surface area contributed by atoms with Crippen LogP contribution in [0.2, 0.25) is 0 Å². The summed E-state index contributed by atoms with van der Waals surface area (Å²) in [5.41, 5.74) is -1.48. The molecule has 0 radical (unpaired) electrons. The predicted molar refractivity (Wildman–Crippen MR) is 94.1 cm³/mol. The van der Waals surface area contributed by atoms with Gasteiger partial charge in [-0.25, -0.2) is 17.9 Å². The first kappa shape index (κ1) is 19.0. The number of nitrogens with one attached hydrogen (secondary N) is 1. The van der Waals surface area contributed by atoms with Crippen LogP contribution in [0.5, 0.6) is 0 Å². The fourth-order valence-electron chi connectivity index (χ4n) is 2.68. The van der Waals surface area contributed by atoms with Gasteiger partial charge in [-0.15, -0.1) is 0 Å². The number of hydrogen-bond donors (Lipinski definition) is 1. The summed E-state index contributed by atoms with van der Waals surface area (Å²) < 4.78 is 31.1. The summed E-state index contributed by atoms with van der Waals surface area (Å²) in [6, 6.07) is 1.51. The van der Waals surface area contributed by atoms with E-state index in [1.165, 1.54) is 26.4 Å². The zero-order valence-electron chi connectivity index (χ0n) is 14.9. The Morgan fingerprint density at radius 3 is 2.44 bits per heavy atom. The van der Waals surface area contributed by atoms with E-state index in [2.05, 4.69) is 23.7 Å². The number of anilines is 1. The van der Waals surface area contributed by atoms with E-state index in [9.17, 15) is 18.0 Å². The third-order valence-corrected chi connectivity index (χ3v) is 5.18. The number of aromatic nitrogens is 4. The molecule has 0 saturated heterocycles. The fourth-order valence-corrected chi connectivity index (χ4v) is 3.89. The second-order valence-electron chi connectivity index (χ2n) is 6.50. The Morgan fingerprint density at radius 2 is 1.84 bits per heavy atom. The summed E-state index contributed by atoms with van der Waals surface area (Å²) in [6.07, 6.45) is 3.33. The first-order valence-corrected chi connectivity index (χ1v) is 9.36. The van der Waals surface area contributed by atoms with Gasteiger partial charge < -0.3 is 4.57 Å². The molecule has 0 fully saturated rings. The predicted octanol–water partition coefficient (Wildman–Crippen LogP) is 0.688. The molecule has 1 unspecified atom stereocenters. The van der Waals surface area contributed by atoms with Gasteiger partial charge in [0.05, 0.1) is 12.2 Å². The van der Waals surface area contributed by atoms with Crippen molar-refractivity contribution < 1.29 is 8.42 Å². The molecule has 2 aromatic rings. The van der Waals surface area contributed by atoms with Crippen molar-refractivity contribution in [2.45, 2.75) is 38.1 Å². The molecule has 9 nitrogen and oxygen atoms in total. The summed E-state index contributed by atoms with van der Waals surface area (Å²) in [5.74, 6) is 0.684. The maximum Gasteiger partial charge on any atom is 0.330 e. The molecule has 25 heavy (non-hydrogen) atoms. The number of rotatable bonds is 6. The van der Waals surface area contributed by atoms with Crippen molar-refractivity contribution in [3.8, 4) is 0 Å². The van der Waals surface area contributed by atoms with Crippen LogP contribution >= 0.6 is 0 Å². The standard InChI is InChI=1S/C15H23N5O4S/c1-10(2)8-11(3)20-13(6-7-16-20)17-25(23,24)12-9-18(4)15(22)19(5)14(12)21/h6-7,9-11,17H,8H2,1-5H3. The lowest BCUT2D eigenvalue weighted by molar-refractivity contribution is 0.402. The molecular weight excluding hydrogens is 346 g/mol. The Hall–Kier alpha value is -2.36. The Labute approximate surface area is 146 Å². The lowest BCUT2D eigenvalue weighted by atomic mass is 10.1. The first-order valence-electron chi connectivity index (χ1n) is 7.87. The quantitative estimate of drug-likeness (QED) is 0.806. The number of nitrogens with zero attached hydrogens (tertiary/aromatic N) is 4. The van der Waals surface area contributed by atoms with Crippen molar-refractivity contribution in [1.82, 2.24) is 18.9 Å². The van der Waals surface area contributed by atoms with E-state index in [1.54, 1.807) is 4.68 Å². The van der Waals surface area contributed by atoms with Crippen LogP contribution in [-0.2, 0) is 24.1 Å². The number of aryl methyl sites for hydroxylation is 1. The van der Waals surface area contributed by atoms with E-state index in [1.807, 2.05) is 6.92 Å². The highest BCUT2D eigenvalue weighted by atomic mass is 32.2. The average Bonchev–Trinajstić information content (AvgIpc) is 2.95. The van der Waals surface area contributed by atoms with Gasteiger partial charge in [0.25, 0.3) is 15.6 Å². The summed E-state index contributed by atoms with van der Waals surface area (Å²) in [7, 11) is -1.54. The van der Waals surface area contributed by atoms with E-state index in [-0.39, 0.29) is 11.9 Å². The Morgan fingerprint density at radius 1 is 1.20 bits per heavy atom. The van der Waals surface area contributed by atoms with Crippen LogP contribution in [0.3, 0.4) is 0 Å². The van der Waals surface area contributed by atoms with Gasteiger partial charge >= 0.3 is 5.69 Å². The molecular formula is C15H23N5O4S. The van der Waals surface area contributed by atoms with Crippen LogP contribution in [0.15, 0.2) is 32.9 Å². The van der Waals surface area contributed by atoms with Crippen LogP contribution < -0.4 is 16.0 Å². The highest BCUT2D eigenvalue weighted by Gasteiger charge is 2.24. The monoisotopic (exact) mass is 369 g/mol. The molecule has 0 aliphatic rings. The number of sulfonamides is 1. The van der Waals surface area contributed by atoms with Crippen molar-refractivity contribution in [2.75, 3.05) is 4.72 Å². The minimum Gasteiger partial charge on any atom is -0.302 e. The van der Waals surface area contributed by atoms with Crippen molar-refractivity contribution in [1.29, 1.82) is 0 Å². The van der Waals surface area contributed by atoms with Gasteiger partial charge in [0.15, 0.2) is 4.90 Å². The molecule has 0 aromatic carbocycles. The minimum atomic E-state index is -4.16. The smallest absolute Gasteiger partial charge is 0.302 e. The molecule has 0 spiro atoms. The minimum absolute atomic E-state index is 0.0179. The largest absolute Gasteiger partial charge is 0.330 e. The second kappa shape index (κ2) is 6.87. The molecule has 1 atom stereocenters. The third-order valence-electron chi connectivity index (χ3n) is 3.84. The molecule has 2 rings (SSSR count). The molecule has 0 aliphatic heterocycles. The van der Waals surface area contributed by atoms with Crippen molar-refractivity contribution in [2.24, 2.45) is 20.0 Å². The second-order valence-corrected chi connectivity index (χ2v) is 8.15. The Bertz CT molecular complexity index is 984. The zero-order valence-corrected chi connectivity index (χ0v) is 15.7. The van der Waals surface area contributed by atoms with E-state index < -0.39 is 26.2 Å². The molecule has 138 valence electrons. The lowest BCUT2D eigenvalue weighted by Gasteiger charge is -2.18. The summed E-state index contributed by atoms with van der Waals surface area (Å²) in [6.45, 7) is 6.08. The van der Waals surface area contributed by atoms with E-state index in [0.717, 1.165) is 21.8 Å². The SMILES string of the molecule is CC(C)CC(C)n1nccc1NS(=O)(=O)c1cn(C)c(=O)n(C)c1=O. The summed E-state index contributed by atoms with van der Waals surface area (Å²) in [4.78, 5) is 23.4. The fraction of sp³-hybridized carbons (Fsp3) is 0.533. The molecule has 0 bridgehead atoms. The highest BCUT2D eigenvalue weighted by molar-refractivity contribution is 7.92. The first-order chi connectivity index (χ1) is 11.5. The maximum absolute atomic E-state index is 12.7. The van der Waals surface area contributed by atoms with Gasteiger partial charge in [-0.2, -0.15) is 5.10 Å². The Balaban J connectivity index is 2.44.